The number of carbonyl (C=O) groups is 14. The number of amides is 11. The molecule has 2 aliphatic rings. The van der Waals surface area contributed by atoms with E-state index in [0.29, 0.717) is 74.8 Å². The number of aryl methyl sites for hydroxylation is 3. The summed E-state index contributed by atoms with van der Waals surface area (Å²) in [5.41, 5.74) is 3.28. The first-order valence-electron chi connectivity index (χ1n) is 44.4. The second kappa shape index (κ2) is 49.9. The molecule has 0 spiro atoms. The molecule has 4 heterocycles. The van der Waals surface area contributed by atoms with Crippen molar-refractivity contribution in [1.29, 1.82) is 0 Å². The van der Waals surface area contributed by atoms with E-state index in [0.717, 1.165) is 31.2 Å². The number of ketones is 1. The quantitative estimate of drug-likeness (QED) is 0.00960. The number of Topliss-reactive ketones (excluding diaryl/α,β-unsaturated/α-hetero) is 1. The van der Waals surface area contributed by atoms with Crippen molar-refractivity contribution < 1.29 is 87.5 Å². The highest BCUT2D eigenvalue weighted by atomic mass is 79.9. The summed E-state index contributed by atoms with van der Waals surface area (Å²) in [7, 11) is 0. The molecule has 34 nitrogen and oxygen atoms in total. The number of carbonyl (C=O) groups excluding carboxylic acids is 12. The number of unbranched alkanes of at least 4 members (excludes halogenated alkanes) is 13. The molecule has 1 aliphatic heterocycles. The molecule has 8 rings (SSSR count). The topological polar surface area (TPSA) is 500 Å². The number of fused-ring (bicyclic) bond motifs is 2. The first-order chi connectivity index (χ1) is 60.7. The van der Waals surface area contributed by atoms with E-state index in [1.54, 1.807) is 58.3 Å². The van der Waals surface area contributed by atoms with Crippen molar-refractivity contribution in [3.63, 3.8) is 0 Å². The zero-order chi connectivity index (χ0) is 92.4. The molecule has 35 heteroatoms. The number of aromatic nitrogens is 5. The van der Waals surface area contributed by atoms with Gasteiger partial charge >= 0.3 is 11.9 Å². The number of rotatable bonds is 55. The van der Waals surface area contributed by atoms with Gasteiger partial charge < -0.3 is 78.5 Å². The second-order valence-corrected chi connectivity index (χ2v) is 34.3. The largest absolute Gasteiger partial charge is 0.508 e. The Labute approximate surface area is 749 Å². The number of nitrogens with zero attached hydrogens (tertiary/aromatic N) is 6. The number of anilines is 1. The number of hydrogen-bond donors (Lipinski definition) is 14. The monoisotopic (exact) mass is 1820 g/mol. The van der Waals surface area contributed by atoms with Gasteiger partial charge in [0.2, 0.25) is 65.0 Å². The van der Waals surface area contributed by atoms with Crippen LogP contribution < -0.4 is 53.2 Å². The van der Waals surface area contributed by atoms with Crippen LogP contribution in [0.1, 0.15) is 247 Å². The van der Waals surface area contributed by atoms with Gasteiger partial charge in [-0.3, -0.25) is 71.8 Å². The Morgan fingerprint density at radius 3 is 1.46 bits per heavy atom. The number of phenolic OH excluding ortho intramolecular Hbond substituents is 2. The molecule has 0 bridgehead atoms. The van der Waals surface area contributed by atoms with Gasteiger partial charge in [0.25, 0.3) is 0 Å². The number of benzene rings is 3. The highest BCUT2D eigenvalue weighted by molar-refractivity contribution is 9.10. The van der Waals surface area contributed by atoms with Crippen LogP contribution in [0, 0.1) is 26.2 Å². The van der Waals surface area contributed by atoms with Crippen LogP contribution in [-0.4, -0.2) is 200 Å². The third-order valence-corrected chi connectivity index (χ3v) is 23.6. The highest BCUT2D eigenvalue weighted by Crippen LogP contribution is 2.59. The van der Waals surface area contributed by atoms with Crippen LogP contribution in [0.4, 0.5) is 5.82 Å². The molecule has 3 aromatic carbocycles. The number of likely N-dealkylation sites (tertiary alicyclic amines) is 1. The Balaban J connectivity index is 1.01. The van der Waals surface area contributed by atoms with Crippen molar-refractivity contribution >= 4 is 115 Å². The summed E-state index contributed by atoms with van der Waals surface area (Å²) in [5.74, 6) is -11.0. The summed E-state index contributed by atoms with van der Waals surface area (Å²) >= 11 is 3.38. The lowest BCUT2D eigenvalue weighted by Gasteiger charge is -2.28. The number of pyridine rings is 1. The zero-order valence-corrected chi connectivity index (χ0v) is 75.6. The molecular formula is C92H125BrN16O18. The molecule has 6 aromatic rings. The van der Waals surface area contributed by atoms with Gasteiger partial charge in [-0.15, -0.1) is 0 Å². The van der Waals surface area contributed by atoms with Crippen molar-refractivity contribution in [2.75, 3.05) is 18.4 Å². The minimum atomic E-state index is -1.79. The number of aromatic hydroxyl groups is 2. The summed E-state index contributed by atoms with van der Waals surface area (Å²) < 4.78 is 1.89. The molecule has 10 atom stereocenters. The second-order valence-electron chi connectivity index (χ2n) is 33.5. The maximum atomic E-state index is 15.1. The van der Waals surface area contributed by atoms with Gasteiger partial charge in [0.05, 0.1) is 5.52 Å². The maximum Gasteiger partial charge on any atom is 0.303 e. The fourth-order valence-corrected chi connectivity index (χ4v) is 16.4. The first kappa shape index (κ1) is 101. The fraction of sp³-hybridized carbons (Fsp3) is 0.543. The smallest absolute Gasteiger partial charge is 0.303 e. The molecule has 0 radical (unpaired) electrons. The molecular weight excluding hydrogens is 1700 g/mol. The lowest BCUT2D eigenvalue weighted by Crippen LogP contribution is -2.60. The van der Waals surface area contributed by atoms with Crippen LogP contribution in [0.15, 0.2) is 89.8 Å². The molecule has 0 unspecified atom stereocenters. The van der Waals surface area contributed by atoms with Crippen molar-refractivity contribution in [3.05, 3.63) is 124 Å². The van der Waals surface area contributed by atoms with Gasteiger partial charge in [0.15, 0.2) is 5.78 Å². The predicted octanol–water partition coefficient (Wildman–Crippen LogP) is 9.30. The number of carboxylic acid groups (broad SMARTS) is 2. The van der Waals surface area contributed by atoms with Crippen molar-refractivity contribution in [1.82, 2.24) is 77.5 Å². The Morgan fingerprint density at radius 1 is 0.496 bits per heavy atom. The minimum Gasteiger partial charge on any atom is -0.508 e. The minimum absolute atomic E-state index is 0.0375. The summed E-state index contributed by atoms with van der Waals surface area (Å²) in [4.78, 5) is 211. The SMILES string of the molecule is CCCCCCCCCCCCCCCC(=O)NCCCC[C@H](NC(=O)[C@H](CCC(=O)O)NC(=O)[C@H](Cc1ccc(O)cc1)NC(=O)[C@H](CCC)NC(C)=O)C(=O)N[C@@H](CCC(=O)O)C(=O)N[C@@H](Cc1ccc(O)cc1)C(=O)N[C@@H](CCC)C(=O)NC[C@@]12C[C@@H](C(=O)Nc3nc(Br)ccc3C)N(C(=O)Cn3nc(C(C)=O)c4cc(-c5cnc(C)nc5)cc(C)c43)[C@@H]1C2. The fourth-order valence-electron chi connectivity index (χ4n) is 16.1. The van der Waals surface area contributed by atoms with Crippen LogP contribution in [0.3, 0.4) is 0 Å². The van der Waals surface area contributed by atoms with Gasteiger partial charge in [0.1, 0.15) is 88.3 Å². The van der Waals surface area contributed by atoms with E-state index in [1.165, 1.54) is 123 Å². The number of aliphatic carboxylic acids is 2. The van der Waals surface area contributed by atoms with Gasteiger partial charge in [-0.05, 0) is 171 Å². The molecule has 11 amide bonds. The van der Waals surface area contributed by atoms with Gasteiger partial charge in [-0.1, -0.05) is 141 Å². The molecule has 1 aliphatic carbocycles. The van der Waals surface area contributed by atoms with Crippen LogP contribution in [-0.2, 0) is 81.7 Å². The molecule has 127 heavy (non-hydrogen) atoms. The first-order valence-corrected chi connectivity index (χ1v) is 45.2. The third kappa shape index (κ3) is 31.3. The average Bonchev–Trinajstić information content (AvgIpc) is 1.53. The summed E-state index contributed by atoms with van der Waals surface area (Å²) in [5, 5.41) is 72.9. The lowest BCUT2D eigenvalue weighted by atomic mass is 9.98. The standard InChI is InChI=1S/C92H125BrN16O18/c1-9-12-13-14-15-16-17-18-19-20-21-22-23-29-77(114)94-44-25-24-28-69(100-87(123)70(39-42-79(116)117)102-90(126)73(47-61-33-37-65(113)38-34-61)103-85(121)68(27-11-3)98-59(8)111)86(122)101-71(40-43-80(118)119)88(124)104-72(46-60-31-35-64(112)36-32-60)89(125)99-67(26-10-2)84(120)97-54-92-49-74(91(127)106-83-55(4)30-41-76(93)105-83)109(75(92)50-92)78(115)53-108-82-56(5)45-62(63-51-95-58(7)96-52-63)48-66(82)81(107-108)57(6)110/h30-38,41,45,48,51-52,67-75,112-113H,9-29,39-40,42-44,46-47,49-50,53-54H2,1-8H3,(H,94,114)(H,97,120)(H,98,111)(H,99,125)(H,100,123)(H,101,122)(H,102,126)(H,103,121)(H,104,124)(H,116,117)(H,118,119)(H,105,106,127)/t67-,68-,69-,70-,71-,72-,73-,74-,75+,92-/m0/s1. The molecule has 688 valence electrons. The van der Waals surface area contributed by atoms with Crippen molar-refractivity contribution in [3.8, 4) is 22.6 Å². The molecule has 3 aromatic heterocycles. The molecule has 1 saturated heterocycles. The van der Waals surface area contributed by atoms with E-state index in [2.05, 4.69) is 96.1 Å². The number of halogens is 1. The zero-order valence-electron chi connectivity index (χ0n) is 74.0. The van der Waals surface area contributed by atoms with Gasteiger partial charge in [-0.25, -0.2) is 15.0 Å². The molecule has 1 saturated carbocycles. The number of phenols is 2. The number of piperidine rings is 1. The summed E-state index contributed by atoms with van der Waals surface area (Å²) in [6.07, 6.45) is 16.6. The Kier molecular flexibility index (Phi) is 39.6. The van der Waals surface area contributed by atoms with E-state index in [1.807, 2.05) is 13.0 Å². The molecule has 14 N–H and O–H groups in total. The van der Waals surface area contributed by atoms with E-state index < -0.39 is 163 Å². The Bertz CT molecular complexity index is 4820. The third-order valence-electron chi connectivity index (χ3n) is 23.1. The number of nitrogens with one attached hydrogen (secondary N) is 10. The van der Waals surface area contributed by atoms with E-state index >= 15 is 19.2 Å². The van der Waals surface area contributed by atoms with Gasteiger partial charge in [-0.2, -0.15) is 5.10 Å². The summed E-state index contributed by atoms with van der Waals surface area (Å²) in [6, 6.07) is 6.00. The average molecular weight is 1820 g/mol. The van der Waals surface area contributed by atoms with Crippen LogP contribution >= 0.6 is 15.9 Å². The van der Waals surface area contributed by atoms with Gasteiger partial charge in [0, 0.05) is 93.8 Å². The van der Waals surface area contributed by atoms with E-state index in [9.17, 15) is 68.4 Å². The predicted molar refractivity (Wildman–Crippen MR) is 478 cm³/mol. The summed E-state index contributed by atoms with van der Waals surface area (Å²) in [6.45, 7) is 13.3. The highest BCUT2D eigenvalue weighted by Gasteiger charge is 2.67. The van der Waals surface area contributed by atoms with E-state index in [-0.39, 0.29) is 106 Å². The van der Waals surface area contributed by atoms with Crippen LogP contribution in [0.5, 0.6) is 11.5 Å². The number of carboxylic acids is 2. The van der Waals surface area contributed by atoms with Crippen molar-refractivity contribution in [2.45, 2.75) is 303 Å². The normalized spacial score (nSPS) is 16.1. The lowest BCUT2D eigenvalue weighted by molar-refractivity contribution is -0.139. The van der Waals surface area contributed by atoms with E-state index in [4.69, 9.17) is 0 Å². The van der Waals surface area contributed by atoms with Crippen LogP contribution in [0.25, 0.3) is 22.0 Å². The Hall–Kier alpha value is -11.8. The van der Waals surface area contributed by atoms with Crippen LogP contribution in [0.2, 0.25) is 0 Å². The molecule has 2 fully saturated rings. The maximum absolute atomic E-state index is 15.1. The Morgan fingerprint density at radius 2 is 0.969 bits per heavy atom. The van der Waals surface area contributed by atoms with Crippen molar-refractivity contribution in [2.24, 2.45) is 5.41 Å². The number of hydrogen-bond acceptors (Lipinski definition) is 20.